The van der Waals surface area contributed by atoms with Crippen LogP contribution in [0.3, 0.4) is 0 Å². The Hall–Kier alpha value is -2.82. The Kier molecular flexibility index (Phi) is 5.56. The predicted molar refractivity (Wildman–Crippen MR) is 104 cm³/mol. The van der Waals surface area contributed by atoms with Crippen LogP contribution in [0.5, 0.6) is 5.75 Å². The molecule has 0 amide bonds. The number of aliphatic imine (C=N–C) groups is 1. The smallest absolute Gasteiger partial charge is 0.319 e. The number of guanidine groups is 1. The average Bonchev–Trinajstić information content (AvgIpc) is 2.68. The molecular formula is C21H25N3O2. The molecule has 5 heteroatoms. The molecule has 0 spiro atoms. The van der Waals surface area contributed by atoms with Crippen molar-refractivity contribution in [2.45, 2.75) is 32.1 Å². The zero-order valence-corrected chi connectivity index (χ0v) is 14.9. The third-order valence-corrected chi connectivity index (χ3v) is 4.96. The molecule has 1 saturated carbocycles. The highest BCUT2D eigenvalue weighted by Gasteiger charge is 2.41. The Balaban J connectivity index is 1.80. The van der Waals surface area contributed by atoms with E-state index in [0.29, 0.717) is 5.75 Å². The van der Waals surface area contributed by atoms with E-state index < -0.39 is 5.41 Å². The summed E-state index contributed by atoms with van der Waals surface area (Å²) in [6.45, 7) is 0.284. The van der Waals surface area contributed by atoms with Crippen LogP contribution in [0, 0.1) is 5.41 Å². The fourth-order valence-electron chi connectivity index (χ4n) is 3.48. The first kappa shape index (κ1) is 18.0. The first-order valence-electron chi connectivity index (χ1n) is 9.02. The second-order valence-corrected chi connectivity index (χ2v) is 6.87. The van der Waals surface area contributed by atoms with Crippen molar-refractivity contribution in [2.24, 2.45) is 21.9 Å². The van der Waals surface area contributed by atoms with Gasteiger partial charge in [0.1, 0.15) is 5.75 Å². The van der Waals surface area contributed by atoms with E-state index >= 15 is 0 Å². The lowest BCUT2D eigenvalue weighted by Crippen LogP contribution is -2.40. The Morgan fingerprint density at radius 1 is 0.962 bits per heavy atom. The standard InChI is InChI=1S/C21H25N3O2/c22-20(23)24-15-21(12-5-2-6-13-21)19(25)26-18-11-7-10-17(14-18)16-8-3-1-4-9-16/h1,3-4,7-11,14H,2,5-6,12-13,15H2,(H4,22,23,24). The number of benzene rings is 2. The maximum absolute atomic E-state index is 13.0. The second kappa shape index (κ2) is 8.04. The quantitative estimate of drug-likeness (QED) is 0.373. The van der Waals surface area contributed by atoms with Crippen molar-refractivity contribution >= 4 is 11.9 Å². The molecule has 136 valence electrons. The van der Waals surface area contributed by atoms with E-state index in [0.717, 1.165) is 43.2 Å². The molecule has 0 bridgehead atoms. The van der Waals surface area contributed by atoms with Crippen LogP contribution in [0.1, 0.15) is 32.1 Å². The van der Waals surface area contributed by atoms with Crippen molar-refractivity contribution in [1.29, 1.82) is 0 Å². The average molecular weight is 351 g/mol. The Bertz CT molecular complexity index is 777. The zero-order chi connectivity index (χ0) is 18.4. The maximum Gasteiger partial charge on any atom is 0.319 e. The third-order valence-electron chi connectivity index (χ3n) is 4.96. The molecule has 4 N–H and O–H groups in total. The van der Waals surface area contributed by atoms with Crippen LogP contribution in [-0.2, 0) is 4.79 Å². The summed E-state index contributed by atoms with van der Waals surface area (Å²) in [6.07, 6.45) is 4.60. The number of carbonyl (C=O) groups excluding carboxylic acids is 1. The summed E-state index contributed by atoms with van der Waals surface area (Å²) < 4.78 is 5.76. The van der Waals surface area contributed by atoms with Gasteiger partial charge in [-0.15, -0.1) is 0 Å². The normalized spacial score (nSPS) is 15.8. The highest BCUT2D eigenvalue weighted by molar-refractivity contribution is 5.81. The number of carbonyl (C=O) groups is 1. The molecule has 2 aromatic rings. The van der Waals surface area contributed by atoms with Crippen LogP contribution in [0.2, 0.25) is 0 Å². The molecule has 0 atom stereocenters. The molecule has 0 heterocycles. The van der Waals surface area contributed by atoms with Gasteiger partial charge in [-0.1, -0.05) is 61.7 Å². The van der Waals surface area contributed by atoms with Gasteiger partial charge in [0, 0.05) is 0 Å². The fraction of sp³-hybridized carbons (Fsp3) is 0.333. The number of ether oxygens (including phenoxy) is 1. The molecule has 5 nitrogen and oxygen atoms in total. The summed E-state index contributed by atoms with van der Waals surface area (Å²) in [7, 11) is 0. The van der Waals surface area contributed by atoms with Crippen molar-refractivity contribution in [1.82, 2.24) is 0 Å². The summed E-state index contributed by atoms with van der Waals surface area (Å²) in [4.78, 5) is 17.1. The van der Waals surface area contributed by atoms with E-state index in [-0.39, 0.29) is 18.5 Å². The summed E-state index contributed by atoms with van der Waals surface area (Å²) in [5.41, 5.74) is 12.4. The highest BCUT2D eigenvalue weighted by Crippen LogP contribution is 2.38. The van der Waals surface area contributed by atoms with Gasteiger partial charge >= 0.3 is 5.97 Å². The van der Waals surface area contributed by atoms with Gasteiger partial charge in [0.2, 0.25) is 0 Å². The Morgan fingerprint density at radius 2 is 1.65 bits per heavy atom. The van der Waals surface area contributed by atoms with Crippen molar-refractivity contribution in [3.8, 4) is 16.9 Å². The van der Waals surface area contributed by atoms with Crippen LogP contribution in [0.15, 0.2) is 59.6 Å². The van der Waals surface area contributed by atoms with Crippen LogP contribution < -0.4 is 16.2 Å². The zero-order valence-electron chi connectivity index (χ0n) is 14.9. The fourth-order valence-corrected chi connectivity index (χ4v) is 3.48. The van der Waals surface area contributed by atoms with Crippen molar-refractivity contribution in [3.05, 3.63) is 54.6 Å². The van der Waals surface area contributed by atoms with Crippen molar-refractivity contribution in [2.75, 3.05) is 6.54 Å². The van der Waals surface area contributed by atoms with Gasteiger partial charge in [-0.3, -0.25) is 9.79 Å². The van der Waals surface area contributed by atoms with Crippen molar-refractivity contribution in [3.63, 3.8) is 0 Å². The van der Waals surface area contributed by atoms with E-state index in [9.17, 15) is 4.79 Å². The third kappa shape index (κ3) is 4.23. The summed E-state index contributed by atoms with van der Waals surface area (Å²) >= 11 is 0. The minimum atomic E-state index is -0.634. The van der Waals surface area contributed by atoms with Gasteiger partial charge in [-0.25, -0.2) is 0 Å². The second-order valence-electron chi connectivity index (χ2n) is 6.87. The summed E-state index contributed by atoms with van der Waals surface area (Å²) in [6, 6.07) is 17.6. The topological polar surface area (TPSA) is 90.7 Å². The van der Waals surface area contributed by atoms with E-state index in [1.165, 1.54) is 0 Å². The number of hydrogen-bond acceptors (Lipinski definition) is 3. The molecule has 0 unspecified atom stereocenters. The highest BCUT2D eigenvalue weighted by atomic mass is 16.5. The van der Waals surface area contributed by atoms with Gasteiger partial charge in [-0.05, 0) is 36.1 Å². The predicted octanol–water partition coefficient (Wildman–Crippen LogP) is 3.48. The van der Waals surface area contributed by atoms with Crippen LogP contribution in [-0.4, -0.2) is 18.5 Å². The Labute approximate surface area is 154 Å². The molecule has 1 aliphatic carbocycles. The lowest BCUT2D eigenvalue weighted by atomic mass is 9.74. The molecule has 2 aromatic carbocycles. The van der Waals surface area contributed by atoms with Crippen LogP contribution in [0.4, 0.5) is 0 Å². The van der Waals surface area contributed by atoms with Crippen LogP contribution >= 0.6 is 0 Å². The van der Waals surface area contributed by atoms with Crippen LogP contribution in [0.25, 0.3) is 11.1 Å². The molecule has 1 aliphatic rings. The van der Waals surface area contributed by atoms with Gasteiger partial charge in [-0.2, -0.15) is 0 Å². The molecule has 1 fully saturated rings. The monoisotopic (exact) mass is 351 g/mol. The SMILES string of the molecule is NC(N)=NCC1(C(=O)Oc2cccc(-c3ccccc3)c2)CCCCC1. The van der Waals surface area contributed by atoms with Gasteiger partial charge < -0.3 is 16.2 Å². The molecule has 26 heavy (non-hydrogen) atoms. The van der Waals surface area contributed by atoms with E-state index in [4.69, 9.17) is 16.2 Å². The number of nitrogens with two attached hydrogens (primary N) is 2. The number of esters is 1. The first-order valence-corrected chi connectivity index (χ1v) is 9.02. The summed E-state index contributed by atoms with van der Waals surface area (Å²) in [5.74, 6) is 0.312. The van der Waals surface area contributed by atoms with Gasteiger partial charge in [0.15, 0.2) is 5.96 Å². The lowest BCUT2D eigenvalue weighted by molar-refractivity contribution is -0.147. The van der Waals surface area contributed by atoms with E-state index in [1.807, 2.05) is 48.5 Å². The molecule has 3 rings (SSSR count). The molecule has 0 aromatic heterocycles. The Morgan fingerprint density at radius 3 is 2.35 bits per heavy atom. The number of nitrogens with zero attached hydrogens (tertiary/aromatic N) is 1. The molecular weight excluding hydrogens is 326 g/mol. The summed E-state index contributed by atoms with van der Waals surface area (Å²) in [5, 5.41) is 0. The van der Waals surface area contributed by atoms with Gasteiger partial charge in [0.05, 0.1) is 12.0 Å². The largest absolute Gasteiger partial charge is 0.426 e. The van der Waals surface area contributed by atoms with E-state index in [2.05, 4.69) is 4.99 Å². The minimum Gasteiger partial charge on any atom is -0.426 e. The molecule has 0 radical (unpaired) electrons. The number of hydrogen-bond donors (Lipinski definition) is 2. The van der Waals surface area contributed by atoms with Crippen molar-refractivity contribution < 1.29 is 9.53 Å². The molecule has 0 saturated heterocycles. The molecule has 0 aliphatic heterocycles. The maximum atomic E-state index is 13.0. The number of rotatable bonds is 5. The van der Waals surface area contributed by atoms with E-state index in [1.54, 1.807) is 6.07 Å². The minimum absolute atomic E-state index is 0.00817. The first-order chi connectivity index (χ1) is 12.6. The van der Waals surface area contributed by atoms with Gasteiger partial charge in [0.25, 0.3) is 0 Å². The lowest BCUT2D eigenvalue weighted by Gasteiger charge is -2.33.